The number of hydrogen-bond donors (Lipinski definition) is 2. The molecule has 0 fully saturated rings. The second kappa shape index (κ2) is 6.95. The van der Waals surface area contributed by atoms with Gasteiger partial charge in [0.2, 0.25) is 5.78 Å². The molecule has 1 amide bonds. The molecule has 0 spiro atoms. The third-order valence-corrected chi connectivity index (χ3v) is 4.09. The van der Waals surface area contributed by atoms with Gasteiger partial charge >= 0.3 is 5.97 Å². The second-order valence-corrected chi connectivity index (χ2v) is 5.62. The summed E-state index contributed by atoms with van der Waals surface area (Å²) in [4.78, 5) is 37.5. The summed E-state index contributed by atoms with van der Waals surface area (Å²) in [5.74, 6) is -2.77. The molecule has 114 valence electrons. The summed E-state index contributed by atoms with van der Waals surface area (Å²) in [7, 11) is 0. The fourth-order valence-electron chi connectivity index (χ4n) is 1.98. The fourth-order valence-corrected chi connectivity index (χ4v) is 2.78. The molecule has 0 aliphatic carbocycles. The Morgan fingerprint density at radius 1 is 1.18 bits per heavy atom. The van der Waals surface area contributed by atoms with Crippen LogP contribution in [0.15, 0.2) is 29.8 Å². The topological polar surface area (TPSA) is 110 Å². The van der Waals surface area contributed by atoms with Gasteiger partial charge in [-0.3, -0.25) is 14.6 Å². The molecule has 2 rings (SSSR count). The van der Waals surface area contributed by atoms with Crippen LogP contribution in [0.25, 0.3) is 0 Å². The number of nitrogens with two attached hydrogens (primary N) is 1. The number of aromatic nitrogens is 1. The molecule has 0 atom stereocenters. The van der Waals surface area contributed by atoms with Gasteiger partial charge in [0.1, 0.15) is 0 Å². The number of ketones is 1. The van der Waals surface area contributed by atoms with Gasteiger partial charge in [0.25, 0.3) is 5.91 Å². The first-order chi connectivity index (χ1) is 10.5. The lowest BCUT2D eigenvalue weighted by molar-refractivity contribution is -0.148. The highest BCUT2D eigenvalue weighted by Gasteiger charge is 2.13. The SMILES string of the molecule is NC(=O)c1sccc1CCc1ccc(CC(=O)C(=O)O)nc1. The van der Waals surface area contributed by atoms with Crippen molar-refractivity contribution in [3.63, 3.8) is 0 Å². The van der Waals surface area contributed by atoms with E-state index in [1.165, 1.54) is 11.3 Å². The number of aryl methyl sites for hydroxylation is 2. The quantitative estimate of drug-likeness (QED) is 0.746. The number of aliphatic carboxylic acids is 1. The molecule has 2 aromatic heterocycles. The van der Waals surface area contributed by atoms with Crippen LogP contribution in [0.3, 0.4) is 0 Å². The normalized spacial score (nSPS) is 10.4. The van der Waals surface area contributed by atoms with E-state index in [-0.39, 0.29) is 6.42 Å². The van der Waals surface area contributed by atoms with Crippen molar-refractivity contribution in [2.45, 2.75) is 19.3 Å². The van der Waals surface area contributed by atoms with Gasteiger partial charge in [0, 0.05) is 11.9 Å². The van der Waals surface area contributed by atoms with E-state index < -0.39 is 17.7 Å². The molecule has 2 aromatic rings. The van der Waals surface area contributed by atoms with E-state index in [9.17, 15) is 14.4 Å². The van der Waals surface area contributed by atoms with Gasteiger partial charge < -0.3 is 10.8 Å². The average Bonchev–Trinajstić information content (AvgIpc) is 2.95. The minimum Gasteiger partial charge on any atom is -0.475 e. The summed E-state index contributed by atoms with van der Waals surface area (Å²) in [5.41, 5.74) is 7.56. The monoisotopic (exact) mass is 318 g/mol. The molecule has 0 unspecified atom stereocenters. The second-order valence-electron chi connectivity index (χ2n) is 4.70. The number of carboxylic acid groups (broad SMARTS) is 1. The molecular formula is C15H14N2O4S. The molecule has 0 saturated carbocycles. The van der Waals surface area contributed by atoms with Crippen LogP contribution in [-0.4, -0.2) is 27.8 Å². The zero-order valence-corrected chi connectivity index (χ0v) is 12.4. The lowest BCUT2D eigenvalue weighted by atomic mass is 10.1. The number of thiophene rings is 1. The minimum atomic E-state index is -1.46. The van der Waals surface area contributed by atoms with Crippen molar-refractivity contribution in [3.8, 4) is 0 Å². The van der Waals surface area contributed by atoms with Crippen LogP contribution >= 0.6 is 11.3 Å². The predicted octanol–water partition coefficient (Wildman–Crippen LogP) is 1.22. The van der Waals surface area contributed by atoms with Crippen LogP contribution in [0.4, 0.5) is 0 Å². The number of Topliss-reactive ketones (excluding diaryl/α,β-unsaturated/α-hetero) is 1. The van der Waals surface area contributed by atoms with Gasteiger partial charge in [-0.15, -0.1) is 11.3 Å². The Balaban J connectivity index is 1.97. The molecule has 2 heterocycles. The molecular weight excluding hydrogens is 304 g/mol. The number of carbonyl (C=O) groups excluding carboxylic acids is 2. The number of rotatable bonds is 7. The first-order valence-electron chi connectivity index (χ1n) is 6.53. The summed E-state index contributed by atoms with van der Waals surface area (Å²) in [5, 5.41) is 10.4. The summed E-state index contributed by atoms with van der Waals surface area (Å²) in [6.45, 7) is 0. The number of hydrogen-bond acceptors (Lipinski definition) is 5. The Morgan fingerprint density at radius 2 is 1.95 bits per heavy atom. The fraction of sp³-hybridized carbons (Fsp3) is 0.200. The average molecular weight is 318 g/mol. The van der Waals surface area contributed by atoms with Crippen molar-refractivity contribution >= 4 is 29.0 Å². The van der Waals surface area contributed by atoms with Crippen molar-refractivity contribution in [1.29, 1.82) is 0 Å². The molecule has 0 aliphatic heterocycles. The van der Waals surface area contributed by atoms with Gasteiger partial charge in [-0.05, 0) is 41.5 Å². The number of pyridine rings is 1. The zero-order valence-electron chi connectivity index (χ0n) is 11.6. The Hall–Kier alpha value is -2.54. The van der Waals surface area contributed by atoms with E-state index in [0.717, 1.165) is 11.1 Å². The standard InChI is InChI=1S/C15H14N2O4S/c16-14(19)13-10(5-6-22-13)3-1-9-2-4-11(17-8-9)7-12(18)15(20)21/h2,4-6,8H,1,3,7H2,(H2,16,19)(H,20,21). The van der Waals surface area contributed by atoms with Crippen molar-refractivity contribution < 1.29 is 19.5 Å². The van der Waals surface area contributed by atoms with Gasteiger partial charge in [0.15, 0.2) is 0 Å². The van der Waals surface area contributed by atoms with E-state index in [1.807, 2.05) is 11.4 Å². The summed E-state index contributed by atoms with van der Waals surface area (Å²) in [6, 6.07) is 5.31. The molecule has 7 heteroatoms. The third kappa shape index (κ3) is 3.98. The number of amides is 1. The molecule has 6 nitrogen and oxygen atoms in total. The maximum absolute atomic E-state index is 11.2. The number of primary amides is 1. The lowest BCUT2D eigenvalue weighted by Gasteiger charge is -2.03. The highest BCUT2D eigenvalue weighted by molar-refractivity contribution is 7.12. The van der Waals surface area contributed by atoms with Crippen LogP contribution in [0, 0.1) is 0 Å². The highest BCUT2D eigenvalue weighted by atomic mass is 32.1. The predicted molar refractivity (Wildman–Crippen MR) is 80.8 cm³/mol. The van der Waals surface area contributed by atoms with Gasteiger partial charge in [-0.1, -0.05) is 6.07 Å². The van der Waals surface area contributed by atoms with Crippen LogP contribution in [0.1, 0.15) is 26.5 Å². The first-order valence-corrected chi connectivity index (χ1v) is 7.41. The van der Waals surface area contributed by atoms with E-state index in [0.29, 0.717) is 23.4 Å². The van der Waals surface area contributed by atoms with Crippen LogP contribution in [0.2, 0.25) is 0 Å². The Labute approximate surface area is 130 Å². The largest absolute Gasteiger partial charge is 0.475 e. The lowest BCUT2D eigenvalue weighted by Crippen LogP contribution is -2.15. The number of nitrogens with zero attached hydrogens (tertiary/aromatic N) is 1. The van der Waals surface area contributed by atoms with Crippen LogP contribution < -0.4 is 5.73 Å². The van der Waals surface area contributed by atoms with Crippen molar-refractivity contribution in [2.75, 3.05) is 0 Å². The van der Waals surface area contributed by atoms with Crippen LogP contribution in [0.5, 0.6) is 0 Å². The molecule has 0 aromatic carbocycles. The number of carbonyl (C=O) groups is 3. The zero-order chi connectivity index (χ0) is 16.1. The van der Waals surface area contributed by atoms with E-state index in [1.54, 1.807) is 18.3 Å². The summed E-state index contributed by atoms with van der Waals surface area (Å²) in [6.07, 6.45) is 2.74. The summed E-state index contributed by atoms with van der Waals surface area (Å²) >= 11 is 1.32. The maximum Gasteiger partial charge on any atom is 0.372 e. The van der Waals surface area contributed by atoms with Crippen molar-refractivity contribution in [2.24, 2.45) is 5.73 Å². The van der Waals surface area contributed by atoms with E-state index in [4.69, 9.17) is 10.8 Å². The highest BCUT2D eigenvalue weighted by Crippen LogP contribution is 2.18. The molecule has 0 saturated heterocycles. The Bertz CT molecular complexity index is 707. The van der Waals surface area contributed by atoms with Crippen LogP contribution in [-0.2, 0) is 28.9 Å². The van der Waals surface area contributed by atoms with Gasteiger partial charge in [-0.2, -0.15) is 0 Å². The molecule has 0 bridgehead atoms. The van der Waals surface area contributed by atoms with E-state index in [2.05, 4.69) is 4.98 Å². The molecule has 22 heavy (non-hydrogen) atoms. The maximum atomic E-state index is 11.2. The van der Waals surface area contributed by atoms with Crippen molar-refractivity contribution in [1.82, 2.24) is 4.98 Å². The summed E-state index contributed by atoms with van der Waals surface area (Å²) < 4.78 is 0. The molecule has 0 aliphatic rings. The smallest absolute Gasteiger partial charge is 0.372 e. The first kappa shape index (κ1) is 15.8. The third-order valence-electron chi connectivity index (χ3n) is 3.12. The number of carboxylic acids is 1. The van der Waals surface area contributed by atoms with Gasteiger partial charge in [0.05, 0.1) is 11.3 Å². The Morgan fingerprint density at radius 3 is 2.55 bits per heavy atom. The van der Waals surface area contributed by atoms with E-state index >= 15 is 0 Å². The minimum absolute atomic E-state index is 0.216. The van der Waals surface area contributed by atoms with Crippen molar-refractivity contribution in [3.05, 3.63) is 51.5 Å². The molecule has 3 N–H and O–H groups in total. The molecule has 0 radical (unpaired) electrons. The van der Waals surface area contributed by atoms with Gasteiger partial charge in [-0.25, -0.2) is 4.79 Å². The Kier molecular flexibility index (Phi) is 5.00.